The van der Waals surface area contributed by atoms with E-state index >= 15 is 0 Å². The van der Waals surface area contributed by atoms with Crippen molar-refractivity contribution in [2.75, 3.05) is 18.9 Å². The summed E-state index contributed by atoms with van der Waals surface area (Å²) >= 11 is 0. The Morgan fingerprint density at radius 1 is 1.40 bits per heavy atom. The van der Waals surface area contributed by atoms with Gasteiger partial charge in [0.2, 0.25) is 0 Å². The van der Waals surface area contributed by atoms with Crippen molar-refractivity contribution < 1.29 is 4.79 Å². The quantitative estimate of drug-likeness (QED) is 0.902. The molecule has 0 saturated carbocycles. The fraction of sp³-hybridized carbons (Fsp3) is 0.625. The maximum atomic E-state index is 12.7. The van der Waals surface area contributed by atoms with E-state index in [1.165, 1.54) is 0 Å². The summed E-state index contributed by atoms with van der Waals surface area (Å²) in [5.41, 5.74) is 1.61. The van der Waals surface area contributed by atoms with Crippen LogP contribution in [0.25, 0.3) is 0 Å². The van der Waals surface area contributed by atoms with Crippen molar-refractivity contribution >= 4 is 11.7 Å². The van der Waals surface area contributed by atoms with Crippen LogP contribution in [0.15, 0.2) is 12.1 Å². The lowest BCUT2D eigenvalue weighted by Crippen LogP contribution is -2.34. The molecule has 1 fully saturated rings. The Labute approximate surface area is 121 Å². The SMILES string of the molecule is CNc1cc(C(=O)N2CCCC2C)cc(C(C)(C)C)n1. The van der Waals surface area contributed by atoms with E-state index in [0.29, 0.717) is 6.04 Å². The summed E-state index contributed by atoms with van der Waals surface area (Å²) in [4.78, 5) is 19.2. The fourth-order valence-electron chi connectivity index (χ4n) is 2.57. The van der Waals surface area contributed by atoms with Crippen molar-refractivity contribution in [1.29, 1.82) is 0 Å². The van der Waals surface area contributed by atoms with E-state index in [4.69, 9.17) is 0 Å². The van der Waals surface area contributed by atoms with Crippen LogP contribution in [0.2, 0.25) is 0 Å². The fourth-order valence-corrected chi connectivity index (χ4v) is 2.57. The molecule has 0 spiro atoms. The van der Waals surface area contributed by atoms with E-state index in [2.05, 4.69) is 38.0 Å². The highest BCUT2D eigenvalue weighted by molar-refractivity contribution is 5.95. The second kappa shape index (κ2) is 5.43. The summed E-state index contributed by atoms with van der Waals surface area (Å²) in [5.74, 6) is 0.882. The predicted octanol–water partition coefficient (Wildman–Crippen LogP) is 3.05. The van der Waals surface area contributed by atoms with Crippen LogP contribution in [-0.4, -0.2) is 35.4 Å². The molecule has 110 valence electrons. The lowest BCUT2D eigenvalue weighted by Gasteiger charge is -2.24. The Morgan fingerprint density at radius 2 is 2.10 bits per heavy atom. The molecule has 0 bridgehead atoms. The van der Waals surface area contributed by atoms with Crippen molar-refractivity contribution in [3.8, 4) is 0 Å². The largest absolute Gasteiger partial charge is 0.373 e. The smallest absolute Gasteiger partial charge is 0.254 e. The molecular weight excluding hydrogens is 250 g/mol. The molecule has 1 aliphatic heterocycles. The summed E-state index contributed by atoms with van der Waals surface area (Å²) in [5, 5.41) is 3.05. The Morgan fingerprint density at radius 3 is 2.60 bits per heavy atom. The maximum absolute atomic E-state index is 12.7. The Hall–Kier alpha value is -1.58. The molecule has 0 aromatic carbocycles. The molecule has 1 N–H and O–H groups in total. The molecule has 0 aliphatic carbocycles. The van der Waals surface area contributed by atoms with Crippen molar-refractivity contribution in [3.05, 3.63) is 23.4 Å². The first-order valence-corrected chi connectivity index (χ1v) is 7.34. The molecule has 2 heterocycles. The lowest BCUT2D eigenvalue weighted by atomic mass is 9.90. The van der Waals surface area contributed by atoms with Crippen molar-refractivity contribution in [1.82, 2.24) is 9.88 Å². The molecule has 1 amide bonds. The monoisotopic (exact) mass is 275 g/mol. The first kappa shape index (κ1) is 14.8. The maximum Gasteiger partial charge on any atom is 0.254 e. The molecule has 1 aromatic heterocycles. The van der Waals surface area contributed by atoms with Gasteiger partial charge in [0.25, 0.3) is 5.91 Å². The van der Waals surface area contributed by atoms with Crippen LogP contribution in [-0.2, 0) is 5.41 Å². The first-order chi connectivity index (χ1) is 9.32. The van der Waals surface area contributed by atoms with Gasteiger partial charge in [-0.15, -0.1) is 0 Å². The molecule has 4 heteroatoms. The third kappa shape index (κ3) is 2.94. The number of aromatic nitrogens is 1. The Balaban J connectivity index is 2.38. The van der Waals surface area contributed by atoms with Crippen molar-refractivity contribution in [2.45, 2.75) is 52.0 Å². The minimum atomic E-state index is -0.0709. The van der Waals surface area contributed by atoms with Gasteiger partial charge < -0.3 is 10.2 Å². The number of carbonyl (C=O) groups excluding carboxylic acids is 1. The van der Waals surface area contributed by atoms with E-state index in [1.807, 2.05) is 24.1 Å². The van der Waals surface area contributed by atoms with Crippen LogP contribution < -0.4 is 5.32 Å². The predicted molar refractivity (Wildman–Crippen MR) is 82.2 cm³/mol. The van der Waals surface area contributed by atoms with Crippen LogP contribution in [0.4, 0.5) is 5.82 Å². The molecule has 1 saturated heterocycles. The molecule has 4 nitrogen and oxygen atoms in total. The molecule has 1 atom stereocenters. The zero-order valence-corrected chi connectivity index (χ0v) is 13.2. The number of amides is 1. The number of likely N-dealkylation sites (tertiary alicyclic amines) is 1. The summed E-state index contributed by atoms with van der Waals surface area (Å²) in [6.07, 6.45) is 2.20. The third-order valence-corrected chi connectivity index (χ3v) is 3.91. The van der Waals surface area contributed by atoms with Gasteiger partial charge in [0.1, 0.15) is 5.82 Å². The molecule has 1 aliphatic rings. The van der Waals surface area contributed by atoms with E-state index < -0.39 is 0 Å². The summed E-state index contributed by atoms with van der Waals surface area (Å²) in [6.45, 7) is 9.32. The van der Waals surface area contributed by atoms with Crippen LogP contribution >= 0.6 is 0 Å². The zero-order valence-electron chi connectivity index (χ0n) is 13.2. The molecule has 20 heavy (non-hydrogen) atoms. The molecule has 2 rings (SSSR count). The summed E-state index contributed by atoms with van der Waals surface area (Å²) in [6, 6.07) is 4.13. The molecule has 1 unspecified atom stereocenters. The second-order valence-corrected chi connectivity index (χ2v) is 6.62. The van der Waals surface area contributed by atoms with Gasteiger partial charge in [-0.25, -0.2) is 4.98 Å². The highest BCUT2D eigenvalue weighted by atomic mass is 16.2. The summed E-state index contributed by atoms with van der Waals surface area (Å²) < 4.78 is 0. The van der Waals surface area contributed by atoms with Gasteiger partial charge in [-0.2, -0.15) is 0 Å². The molecule has 0 radical (unpaired) electrons. The number of hydrogen-bond donors (Lipinski definition) is 1. The third-order valence-electron chi connectivity index (χ3n) is 3.91. The number of pyridine rings is 1. The minimum Gasteiger partial charge on any atom is -0.373 e. The number of nitrogens with zero attached hydrogens (tertiary/aromatic N) is 2. The van der Waals surface area contributed by atoms with Crippen molar-refractivity contribution in [2.24, 2.45) is 0 Å². The normalized spacial score (nSPS) is 19.2. The van der Waals surface area contributed by atoms with Crippen LogP contribution in [0, 0.1) is 0 Å². The average molecular weight is 275 g/mol. The molecular formula is C16H25N3O. The van der Waals surface area contributed by atoms with Gasteiger partial charge in [0, 0.05) is 36.3 Å². The number of hydrogen-bond acceptors (Lipinski definition) is 3. The van der Waals surface area contributed by atoms with Crippen LogP contribution in [0.5, 0.6) is 0 Å². The van der Waals surface area contributed by atoms with Gasteiger partial charge in [0.05, 0.1) is 0 Å². The highest BCUT2D eigenvalue weighted by Crippen LogP contribution is 2.26. The minimum absolute atomic E-state index is 0.0709. The lowest BCUT2D eigenvalue weighted by molar-refractivity contribution is 0.0747. The standard InChI is InChI=1S/C16H25N3O/c1-11-7-6-8-19(11)15(20)12-9-13(16(2,3)4)18-14(10-12)17-5/h9-11H,6-8H2,1-5H3,(H,17,18). The van der Waals surface area contributed by atoms with E-state index in [9.17, 15) is 4.79 Å². The average Bonchev–Trinajstić information content (AvgIpc) is 2.82. The molecule has 1 aromatic rings. The topological polar surface area (TPSA) is 45.2 Å². The number of rotatable bonds is 2. The highest BCUT2D eigenvalue weighted by Gasteiger charge is 2.27. The van der Waals surface area contributed by atoms with Crippen LogP contribution in [0.3, 0.4) is 0 Å². The zero-order chi connectivity index (χ0) is 14.9. The Bertz CT molecular complexity index is 505. The van der Waals surface area contributed by atoms with E-state index in [1.54, 1.807) is 0 Å². The first-order valence-electron chi connectivity index (χ1n) is 7.34. The Kier molecular flexibility index (Phi) is 4.02. The van der Waals surface area contributed by atoms with E-state index in [0.717, 1.165) is 36.5 Å². The van der Waals surface area contributed by atoms with Gasteiger partial charge >= 0.3 is 0 Å². The van der Waals surface area contributed by atoms with E-state index in [-0.39, 0.29) is 11.3 Å². The van der Waals surface area contributed by atoms with Gasteiger partial charge in [-0.3, -0.25) is 4.79 Å². The second-order valence-electron chi connectivity index (χ2n) is 6.62. The van der Waals surface area contributed by atoms with Gasteiger partial charge in [0.15, 0.2) is 0 Å². The van der Waals surface area contributed by atoms with Gasteiger partial charge in [-0.1, -0.05) is 20.8 Å². The van der Waals surface area contributed by atoms with Crippen molar-refractivity contribution in [3.63, 3.8) is 0 Å². The van der Waals surface area contributed by atoms with Crippen LogP contribution in [0.1, 0.15) is 56.6 Å². The number of nitrogens with one attached hydrogen (secondary N) is 1. The number of anilines is 1. The summed E-state index contributed by atoms with van der Waals surface area (Å²) in [7, 11) is 1.83. The number of carbonyl (C=O) groups is 1. The van der Waals surface area contributed by atoms with Gasteiger partial charge in [-0.05, 0) is 31.9 Å².